The van der Waals surface area contributed by atoms with Crippen LogP contribution in [0.5, 0.6) is 0 Å². The van der Waals surface area contributed by atoms with Gasteiger partial charge in [0, 0.05) is 25.5 Å². The van der Waals surface area contributed by atoms with Gasteiger partial charge in [0.25, 0.3) is 5.91 Å². The maximum atomic E-state index is 12.0. The molecule has 1 N–H and O–H groups in total. The SMILES string of the molecule is CNCCN(C)C(=O)c1cc2ccccc2o1. The maximum Gasteiger partial charge on any atom is 0.289 e. The van der Waals surface area contributed by atoms with Crippen LogP contribution in [0.25, 0.3) is 11.0 Å². The fourth-order valence-corrected chi connectivity index (χ4v) is 1.66. The van der Waals surface area contributed by atoms with Gasteiger partial charge in [0.2, 0.25) is 0 Å². The Labute approximate surface area is 100 Å². The van der Waals surface area contributed by atoms with E-state index in [0.29, 0.717) is 12.3 Å². The van der Waals surface area contributed by atoms with E-state index < -0.39 is 0 Å². The second-order valence-electron chi connectivity index (χ2n) is 3.98. The molecular weight excluding hydrogens is 216 g/mol. The molecule has 0 aliphatic carbocycles. The van der Waals surface area contributed by atoms with Gasteiger partial charge in [-0.15, -0.1) is 0 Å². The average molecular weight is 232 g/mol. The molecule has 0 unspecified atom stereocenters. The zero-order valence-electron chi connectivity index (χ0n) is 10.1. The number of furan rings is 1. The minimum absolute atomic E-state index is 0.0866. The highest BCUT2D eigenvalue weighted by molar-refractivity contribution is 5.95. The molecule has 0 aliphatic rings. The highest BCUT2D eigenvalue weighted by atomic mass is 16.3. The van der Waals surface area contributed by atoms with Crippen LogP contribution < -0.4 is 5.32 Å². The number of fused-ring (bicyclic) bond motifs is 1. The third-order valence-corrected chi connectivity index (χ3v) is 2.68. The Kier molecular flexibility index (Phi) is 3.44. The van der Waals surface area contributed by atoms with Gasteiger partial charge in [0.15, 0.2) is 5.76 Å². The van der Waals surface area contributed by atoms with Crippen molar-refractivity contribution in [1.29, 1.82) is 0 Å². The molecule has 0 spiro atoms. The number of carbonyl (C=O) groups is 1. The van der Waals surface area contributed by atoms with Crippen molar-refractivity contribution in [2.45, 2.75) is 0 Å². The summed E-state index contributed by atoms with van der Waals surface area (Å²) < 4.78 is 5.52. The van der Waals surface area contributed by atoms with E-state index in [-0.39, 0.29) is 5.91 Å². The molecule has 0 bridgehead atoms. The number of nitrogens with one attached hydrogen (secondary N) is 1. The van der Waals surface area contributed by atoms with E-state index in [1.807, 2.05) is 31.3 Å². The van der Waals surface area contributed by atoms with Gasteiger partial charge in [-0.05, 0) is 19.2 Å². The van der Waals surface area contributed by atoms with Gasteiger partial charge < -0.3 is 14.6 Å². The Balaban J connectivity index is 2.18. The Morgan fingerprint density at radius 3 is 2.88 bits per heavy atom. The molecule has 1 aromatic heterocycles. The Morgan fingerprint density at radius 2 is 2.18 bits per heavy atom. The number of rotatable bonds is 4. The van der Waals surface area contributed by atoms with E-state index in [9.17, 15) is 4.79 Å². The van der Waals surface area contributed by atoms with E-state index in [0.717, 1.165) is 17.5 Å². The number of hydrogen-bond acceptors (Lipinski definition) is 3. The number of hydrogen-bond donors (Lipinski definition) is 1. The van der Waals surface area contributed by atoms with Crippen molar-refractivity contribution in [3.05, 3.63) is 36.1 Å². The zero-order valence-corrected chi connectivity index (χ0v) is 10.1. The van der Waals surface area contributed by atoms with Crippen molar-refractivity contribution in [3.63, 3.8) is 0 Å². The van der Waals surface area contributed by atoms with E-state index in [1.165, 1.54) is 0 Å². The molecule has 2 aromatic rings. The van der Waals surface area contributed by atoms with Crippen molar-refractivity contribution in [2.24, 2.45) is 0 Å². The van der Waals surface area contributed by atoms with Crippen LogP contribution in [0.1, 0.15) is 10.6 Å². The molecule has 1 heterocycles. The van der Waals surface area contributed by atoms with E-state index >= 15 is 0 Å². The standard InChI is InChI=1S/C13H16N2O2/c1-14-7-8-15(2)13(16)12-9-10-5-3-4-6-11(10)17-12/h3-6,9,14H,7-8H2,1-2H3. The number of amides is 1. The number of likely N-dealkylation sites (N-methyl/N-ethyl adjacent to an activating group) is 2. The first-order valence-electron chi connectivity index (χ1n) is 5.61. The molecule has 2 rings (SSSR count). The third kappa shape index (κ3) is 2.47. The molecule has 4 heteroatoms. The van der Waals surface area contributed by atoms with Crippen molar-refractivity contribution >= 4 is 16.9 Å². The van der Waals surface area contributed by atoms with Crippen LogP contribution in [0.2, 0.25) is 0 Å². The van der Waals surface area contributed by atoms with Crippen LogP contribution in [0, 0.1) is 0 Å². The van der Waals surface area contributed by atoms with Crippen LogP contribution >= 0.6 is 0 Å². The molecule has 4 nitrogen and oxygen atoms in total. The lowest BCUT2D eigenvalue weighted by atomic mass is 10.2. The summed E-state index contributed by atoms with van der Waals surface area (Å²) in [5, 5.41) is 3.96. The average Bonchev–Trinajstić information content (AvgIpc) is 2.78. The molecule has 1 amide bonds. The first-order chi connectivity index (χ1) is 8.22. The van der Waals surface area contributed by atoms with Gasteiger partial charge in [-0.25, -0.2) is 0 Å². The highest BCUT2D eigenvalue weighted by Crippen LogP contribution is 2.19. The van der Waals surface area contributed by atoms with Gasteiger partial charge in [-0.3, -0.25) is 4.79 Å². The van der Waals surface area contributed by atoms with E-state index in [4.69, 9.17) is 4.42 Å². The number of para-hydroxylation sites is 1. The predicted molar refractivity (Wildman–Crippen MR) is 67.1 cm³/mol. The smallest absolute Gasteiger partial charge is 0.289 e. The molecule has 0 saturated carbocycles. The number of nitrogens with zero attached hydrogens (tertiary/aromatic N) is 1. The molecule has 0 saturated heterocycles. The normalized spacial score (nSPS) is 10.7. The minimum Gasteiger partial charge on any atom is -0.451 e. The maximum absolute atomic E-state index is 12.0. The second-order valence-corrected chi connectivity index (χ2v) is 3.98. The summed E-state index contributed by atoms with van der Waals surface area (Å²) in [5.41, 5.74) is 0.748. The van der Waals surface area contributed by atoms with Gasteiger partial charge in [0.1, 0.15) is 5.58 Å². The Morgan fingerprint density at radius 1 is 1.41 bits per heavy atom. The lowest BCUT2D eigenvalue weighted by Crippen LogP contribution is -2.32. The van der Waals surface area contributed by atoms with E-state index in [1.54, 1.807) is 18.0 Å². The quantitative estimate of drug-likeness (QED) is 0.873. The third-order valence-electron chi connectivity index (χ3n) is 2.68. The van der Waals surface area contributed by atoms with Crippen LogP contribution in [0.15, 0.2) is 34.7 Å². The fraction of sp³-hybridized carbons (Fsp3) is 0.308. The summed E-state index contributed by atoms with van der Waals surface area (Å²) in [4.78, 5) is 13.7. The summed E-state index contributed by atoms with van der Waals surface area (Å²) in [6.45, 7) is 1.43. The zero-order chi connectivity index (χ0) is 12.3. The molecule has 17 heavy (non-hydrogen) atoms. The van der Waals surface area contributed by atoms with Gasteiger partial charge in [-0.1, -0.05) is 18.2 Å². The summed E-state index contributed by atoms with van der Waals surface area (Å²) >= 11 is 0. The molecular formula is C13H16N2O2. The summed E-state index contributed by atoms with van der Waals surface area (Å²) in [6.07, 6.45) is 0. The predicted octanol–water partition coefficient (Wildman–Crippen LogP) is 1.72. The second kappa shape index (κ2) is 5.01. The largest absolute Gasteiger partial charge is 0.451 e. The fourth-order valence-electron chi connectivity index (χ4n) is 1.66. The molecule has 0 aliphatic heterocycles. The summed E-state index contributed by atoms with van der Waals surface area (Å²) in [6, 6.07) is 9.40. The van der Waals surface area contributed by atoms with Crippen LogP contribution in [-0.4, -0.2) is 38.0 Å². The first-order valence-corrected chi connectivity index (χ1v) is 5.61. The van der Waals surface area contributed by atoms with E-state index in [2.05, 4.69) is 5.32 Å². The number of carbonyl (C=O) groups excluding carboxylic acids is 1. The molecule has 1 aromatic carbocycles. The van der Waals surface area contributed by atoms with Crippen molar-refractivity contribution in [1.82, 2.24) is 10.2 Å². The molecule has 90 valence electrons. The van der Waals surface area contributed by atoms with Crippen LogP contribution in [-0.2, 0) is 0 Å². The monoisotopic (exact) mass is 232 g/mol. The minimum atomic E-state index is -0.0866. The van der Waals surface area contributed by atoms with Crippen molar-refractivity contribution in [2.75, 3.05) is 27.2 Å². The molecule has 0 radical (unpaired) electrons. The Bertz CT molecular complexity index is 486. The van der Waals surface area contributed by atoms with Crippen molar-refractivity contribution in [3.8, 4) is 0 Å². The topological polar surface area (TPSA) is 45.5 Å². The summed E-state index contributed by atoms with van der Waals surface area (Å²) in [7, 11) is 3.63. The molecule has 0 fully saturated rings. The Hall–Kier alpha value is -1.81. The molecule has 0 atom stereocenters. The van der Waals surface area contributed by atoms with Gasteiger partial charge in [-0.2, -0.15) is 0 Å². The van der Waals surface area contributed by atoms with Gasteiger partial charge >= 0.3 is 0 Å². The lowest BCUT2D eigenvalue weighted by Gasteiger charge is -2.14. The van der Waals surface area contributed by atoms with Crippen LogP contribution in [0.4, 0.5) is 0 Å². The van der Waals surface area contributed by atoms with Crippen molar-refractivity contribution < 1.29 is 9.21 Å². The van der Waals surface area contributed by atoms with Crippen LogP contribution in [0.3, 0.4) is 0 Å². The van der Waals surface area contributed by atoms with Gasteiger partial charge in [0.05, 0.1) is 0 Å². The lowest BCUT2D eigenvalue weighted by molar-refractivity contribution is 0.0768. The summed E-state index contributed by atoms with van der Waals surface area (Å²) in [5.74, 6) is 0.307. The number of benzene rings is 1. The first kappa shape index (κ1) is 11.7. The highest BCUT2D eigenvalue weighted by Gasteiger charge is 2.15.